The second-order valence-corrected chi connectivity index (χ2v) is 5.21. The highest BCUT2D eigenvalue weighted by atomic mass is 19.1. The molecule has 1 aliphatic rings. The number of nitriles is 1. The summed E-state index contributed by atoms with van der Waals surface area (Å²) in [6.07, 6.45) is 4.48. The van der Waals surface area contributed by atoms with Crippen molar-refractivity contribution in [3.05, 3.63) is 29.6 Å². The van der Waals surface area contributed by atoms with Gasteiger partial charge in [0.2, 0.25) is 0 Å². The van der Waals surface area contributed by atoms with Crippen molar-refractivity contribution in [3.63, 3.8) is 0 Å². The molecule has 0 saturated heterocycles. The third-order valence-corrected chi connectivity index (χ3v) is 4.07. The molecular formula is C15H20FN3. The molecule has 1 fully saturated rings. The first-order valence-corrected chi connectivity index (χ1v) is 6.75. The first-order chi connectivity index (χ1) is 9.13. The van der Waals surface area contributed by atoms with Crippen molar-refractivity contribution in [2.24, 2.45) is 0 Å². The Morgan fingerprint density at radius 1 is 1.26 bits per heavy atom. The Kier molecular flexibility index (Phi) is 4.39. The SMILES string of the molecule is CNC1CCC(N(C)c2cc(F)cc(C#N)c2)CC1. The van der Waals surface area contributed by atoms with Gasteiger partial charge in [0.25, 0.3) is 0 Å². The maximum Gasteiger partial charge on any atom is 0.126 e. The van der Waals surface area contributed by atoms with E-state index in [2.05, 4.69) is 10.2 Å². The number of nitrogens with zero attached hydrogens (tertiary/aromatic N) is 2. The van der Waals surface area contributed by atoms with Gasteiger partial charge in [0, 0.05) is 24.8 Å². The van der Waals surface area contributed by atoms with Crippen molar-refractivity contribution in [3.8, 4) is 6.07 Å². The predicted octanol–water partition coefficient (Wildman–Crippen LogP) is 2.66. The zero-order valence-corrected chi connectivity index (χ0v) is 11.5. The Morgan fingerprint density at radius 3 is 2.53 bits per heavy atom. The number of anilines is 1. The van der Waals surface area contributed by atoms with Crippen molar-refractivity contribution in [1.29, 1.82) is 5.26 Å². The summed E-state index contributed by atoms with van der Waals surface area (Å²) in [7, 11) is 3.99. The van der Waals surface area contributed by atoms with Crippen LogP contribution in [0.2, 0.25) is 0 Å². The summed E-state index contributed by atoms with van der Waals surface area (Å²) in [6.45, 7) is 0. The van der Waals surface area contributed by atoms with Crippen LogP contribution >= 0.6 is 0 Å². The van der Waals surface area contributed by atoms with Gasteiger partial charge in [0.1, 0.15) is 5.82 Å². The van der Waals surface area contributed by atoms with Crippen molar-refractivity contribution in [2.75, 3.05) is 19.0 Å². The Bertz CT molecular complexity index is 473. The molecule has 0 aliphatic heterocycles. The fourth-order valence-electron chi connectivity index (χ4n) is 2.80. The maximum absolute atomic E-state index is 13.5. The standard InChI is InChI=1S/C15H20FN3/c1-18-13-3-5-14(6-4-13)19(2)15-8-11(10-17)7-12(16)9-15/h7-9,13-14,18H,3-6H2,1-2H3. The normalized spacial score (nSPS) is 22.8. The molecule has 1 aliphatic carbocycles. The van der Waals surface area contributed by atoms with E-state index in [0.29, 0.717) is 17.6 Å². The fourth-order valence-corrected chi connectivity index (χ4v) is 2.80. The molecule has 19 heavy (non-hydrogen) atoms. The molecule has 1 aromatic carbocycles. The third kappa shape index (κ3) is 3.24. The van der Waals surface area contributed by atoms with Crippen molar-refractivity contribution in [1.82, 2.24) is 5.32 Å². The number of halogens is 1. The highest BCUT2D eigenvalue weighted by Crippen LogP contribution is 2.27. The molecule has 0 amide bonds. The van der Waals surface area contributed by atoms with Crippen LogP contribution in [0.15, 0.2) is 18.2 Å². The first-order valence-electron chi connectivity index (χ1n) is 6.75. The number of nitrogens with one attached hydrogen (secondary N) is 1. The Morgan fingerprint density at radius 2 is 1.95 bits per heavy atom. The molecule has 0 heterocycles. The van der Waals surface area contributed by atoms with Crippen LogP contribution in [-0.2, 0) is 0 Å². The average molecular weight is 261 g/mol. The van der Waals surface area contributed by atoms with E-state index in [0.717, 1.165) is 31.4 Å². The minimum absolute atomic E-state index is 0.343. The van der Waals surface area contributed by atoms with Crippen LogP contribution in [0.5, 0.6) is 0 Å². The smallest absolute Gasteiger partial charge is 0.126 e. The molecule has 4 heteroatoms. The van der Waals surface area contributed by atoms with Crippen LogP contribution in [0.3, 0.4) is 0 Å². The van der Waals surface area contributed by atoms with E-state index in [-0.39, 0.29) is 5.82 Å². The van der Waals surface area contributed by atoms with Crippen LogP contribution in [0, 0.1) is 17.1 Å². The zero-order valence-electron chi connectivity index (χ0n) is 11.5. The molecule has 0 bridgehead atoms. The highest BCUT2D eigenvalue weighted by Gasteiger charge is 2.23. The fraction of sp³-hybridized carbons (Fsp3) is 0.533. The lowest BCUT2D eigenvalue weighted by Gasteiger charge is -2.36. The Labute approximate surface area is 114 Å². The Hall–Kier alpha value is -1.60. The van der Waals surface area contributed by atoms with E-state index in [1.54, 1.807) is 6.07 Å². The molecule has 0 unspecified atom stereocenters. The van der Waals surface area contributed by atoms with Gasteiger partial charge in [-0.25, -0.2) is 4.39 Å². The van der Waals surface area contributed by atoms with Gasteiger partial charge in [-0.05, 0) is 50.9 Å². The van der Waals surface area contributed by atoms with Crippen LogP contribution in [0.4, 0.5) is 10.1 Å². The summed E-state index contributed by atoms with van der Waals surface area (Å²) in [5.41, 5.74) is 1.18. The third-order valence-electron chi connectivity index (χ3n) is 4.07. The van der Waals surface area contributed by atoms with Gasteiger partial charge in [0.05, 0.1) is 11.6 Å². The van der Waals surface area contributed by atoms with Gasteiger partial charge < -0.3 is 10.2 Å². The van der Waals surface area contributed by atoms with E-state index < -0.39 is 0 Å². The van der Waals surface area contributed by atoms with E-state index >= 15 is 0 Å². The van der Waals surface area contributed by atoms with Gasteiger partial charge in [0.15, 0.2) is 0 Å². The summed E-state index contributed by atoms with van der Waals surface area (Å²) in [4.78, 5) is 2.11. The second-order valence-electron chi connectivity index (χ2n) is 5.21. The summed E-state index contributed by atoms with van der Waals surface area (Å²) in [5.74, 6) is -0.343. The minimum Gasteiger partial charge on any atom is -0.371 e. The first kappa shape index (κ1) is 13.8. The van der Waals surface area contributed by atoms with Crippen LogP contribution in [0.1, 0.15) is 31.2 Å². The predicted molar refractivity (Wildman–Crippen MR) is 74.6 cm³/mol. The summed E-state index contributed by atoms with van der Waals surface area (Å²) < 4.78 is 13.5. The van der Waals surface area contributed by atoms with Crippen molar-refractivity contribution in [2.45, 2.75) is 37.8 Å². The van der Waals surface area contributed by atoms with E-state index in [4.69, 9.17) is 5.26 Å². The van der Waals surface area contributed by atoms with Gasteiger partial charge in [-0.2, -0.15) is 5.26 Å². The molecule has 2 rings (SSSR count). The molecule has 0 spiro atoms. The minimum atomic E-state index is -0.343. The van der Waals surface area contributed by atoms with Crippen molar-refractivity contribution < 1.29 is 4.39 Å². The molecule has 1 saturated carbocycles. The molecular weight excluding hydrogens is 241 g/mol. The topological polar surface area (TPSA) is 39.1 Å². The molecule has 102 valence electrons. The molecule has 3 nitrogen and oxygen atoms in total. The van der Waals surface area contributed by atoms with Crippen LogP contribution in [0.25, 0.3) is 0 Å². The number of rotatable bonds is 3. The van der Waals surface area contributed by atoms with E-state index in [9.17, 15) is 4.39 Å². The number of hydrogen-bond donors (Lipinski definition) is 1. The molecule has 1 aromatic rings. The van der Waals surface area contributed by atoms with Gasteiger partial charge >= 0.3 is 0 Å². The summed E-state index contributed by atoms with van der Waals surface area (Å²) >= 11 is 0. The quantitative estimate of drug-likeness (QED) is 0.909. The second kappa shape index (κ2) is 6.03. The highest BCUT2D eigenvalue weighted by molar-refractivity contribution is 5.52. The average Bonchev–Trinajstić information content (AvgIpc) is 2.46. The van der Waals surface area contributed by atoms with Gasteiger partial charge in [-0.15, -0.1) is 0 Å². The van der Waals surface area contributed by atoms with Crippen LogP contribution < -0.4 is 10.2 Å². The Balaban J connectivity index is 2.10. The molecule has 0 aromatic heterocycles. The van der Waals surface area contributed by atoms with Gasteiger partial charge in [-0.3, -0.25) is 0 Å². The molecule has 0 atom stereocenters. The summed E-state index contributed by atoms with van der Waals surface area (Å²) in [5, 5.41) is 12.2. The monoisotopic (exact) mass is 261 g/mol. The molecule has 0 radical (unpaired) electrons. The van der Waals surface area contributed by atoms with E-state index in [1.165, 1.54) is 12.1 Å². The summed E-state index contributed by atoms with van der Waals surface area (Å²) in [6, 6.07) is 7.57. The lowest BCUT2D eigenvalue weighted by Crippen LogP contribution is -2.39. The molecule has 1 N–H and O–H groups in total. The number of hydrogen-bond acceptors (Lipinski definition) is 3. The number of benzene rings is 1. The lowest BCUT2D eigenvalue weighted by atomic mass is 9.90. The van der Waals surface area contributed by atoms with Gasteiger partial charge in [-0.1, -0.05) is 0 Å². The van der Waals surface area contributed by atoms with E-state index in [1.807, 2.05) is 20.2 Å². The lowest BCUT2D eigenvalue weighted by molar-refractivity contribution is 0.351. The zero-order chi connectivity index (χ0) is 13.8. The largest absolute Gasteiger partial charge is 0.371 e. The van der Waals surface area contributed by atoms with Crippen LogP contribution in [-0.4, -0.2) is 26.2 Å². The maximum atomic E-state index is 13.5. The van der Waals surface area contributed by atoms with Crippen molar-refractivity contribution >= 4 is 5.69 Å².